The molecular formula is C14H23NO2S. The van der Waals surface area contributed by atoms with Crippen LogP contribution in [0.2, 0.25) is 0 Å². The Labute approximate surface area is 111 Å². The summed E-state index contributed by atoms with van der Waals surface area (Å²) in [6.07, 6.45) is 0.646. The van der Waals surface area contributed by atoms with Gasteiger partial charge >= 0.3 is 0 Å². The van der Waals surface area contributed by atoms with Gasteiger partial charge in [0.1, 0.15) is 0 Å². The Balaban J connectivity index is 2.81. The summed E-state index contributed by atoms with van der Waals surface area (Å²) < 4.78 is 23.7. The van der Waals surface area contributed by atoms with E-state index in [0.29, 0.717) is 23.3 Å². The number of hydrogen-bond donors (Lipinski definition) is 1. The Hall–Kier alpha value is -1.03. The number of hydrogen-bond acceptors (Lipinski definition) is 3. The van der Waals surface area contributed by atoms with Crippen LogP contribution in [0.3, 0.4) is 0 Å². The van der Waals surface area contributed by atoms with Crippen molar-refractivity contribution in [2.24, 2.45) is 5.92 Å². The van der Waals surface area contributed by atoms with E-state index in [1.165, 1.54) is 0 Å². The third-order valence-electron chi connectivity index (χ3n) is 3.08. The summed E-state index contributed by atoms with van der Waals surface area (Å²) in [5, 5.41) is 3.36. The first kappa shape index (κ1) is 15.0. The fraction of sp³-hybridized carbons (Fsp3) is 0.571. The Kier molecular flexibility index (Phi) is 5.20. The zero-order valence-electron chi connectivity index (χ0n) is 11.6. The van der Waals surface area contributed by atoms with Crippen LogP contribution in [0.4, 0.5) is 5.69 Å². The average molecular weight is 269 g/mol. The van der Waals surface area contributed by atoms with E-state index in [1.54, 1.807) is 12.1 Å². The predicted molar refractivity (Wildman–Crippen MR) is 76.7 cm³/mol. The van der Waals surface area contributed by atoms with Crippen LogP contribution in [0.15, 0.2) is 29.2 Å². The molecule has 0 amide bonds. The van der Waals surface area contributed by atoms with Crippen molar-refractivity contribution in [1.82, 2.24) is 0 Å². The smallest absolute Gasteiger partial charge is 0.178 e. The van der Waals surface area contributed by atoms with Crippen molar-refractivity contribution in [2.75, 3.05) is 11.1 Å². The van der Waals surface area contributed by atoms with E-state index >= 15 is 0 Å². The second-order valence-corrected chi connectivity index (χ2v) is 7.13. The Morgan fingerprint density at radius 2 is 1.67 bits per heavy atom. The minimum atomic E-state index is -3.10. The maximum Gasteiger partial charge on any atom is 0.178 e. The molecule has 0 spiro atoms. The van der Waals surface area contributed by atoms with Crippen LogP contribution in [0.1, 0.15) is 34.1 Å². The number of anilines is 1. The lowest BCUT2D eigenvalue weighted by Crippen LogP contribution is -2.21. The molecule has 0 bridgehead atoms. The van der Waals surface area contributed by atoms with Gasteiger partial charge < -0.3 is 5.32 Å². The third kappa shape index (κ3) is 4.02. The fourth-order valence-electron chi connectivity index (χ4n) is 1.57. The molecule has 1 aromatic carbocycles. The van der Waals surface area contributed by atoms with Crippen LogP contribution in [-0.4, -0.2) is 20.2 Å². The molecule has 0 heterocycles. The Morgan fingerprint density at radius 1 is 1.11 bits per heavy atom. The molecule has 1 aromatic rings. The normalized spacial score (nSPS) is 13.6. The highest BCUT2D eigenvalue weighted by molar-refractivity contribution is 7.91. The van der Waals surface area contributed by atoms with Gasteiger partial charge in [-0.2, -0.15) is 0 Å². The summed E-state index contributed by atoms with van der Waals surface area (Å²) >= 11 is 0. The van der Waals surface area contributed by atoms with Gasteiger partial charge in [0.25, 0.3) is 0 Å². The molecule has 18 heavy (non-hydrogen) atoms. The Bertz CT molecular complexity index is 463. The lowest BCUT2D eigenvalue weighted by Gasteiger charge is -2.18. The Morgan fingerprint density at radius 3 is 2.11 bits per heavy atom. The second kappa shape index (κ2) is 6.23. The van der Waals surface area contributed by atoms with E-state index in [4.69, 9.17) is 0 Å². The summed E-state index contributed by atoms with van der Waals surface area (Å²) in [5.74, 6) is 0.746. The lowest BCUT2D eigenvalue weighted by molar-refractivity contribution is 0.560. The van der Waals surface area contributed by atoms with E-state index < -0.39 is 9.84 Å². The van der Waals surface area contributed by atoms with Crippen LogP contribution >= 0.6 is 0 Å². The molecule has 0 saturated heterocycles. The number of sulfone groups is 1. The standard InChI is InChI=1S/C14H23NO2S/c1-5-10-18(16,17)14-8-6-13(7-9-14)15-12(4)11(2)3/h6-9,11-12,15H,5,10H2,1-4H3. The molecular weight excluding hydrogens is 246 g/mol. The minimum Gasteiger partial charge on any atom is -0.382 e. The summed E-state index contributed by atoms with van der Waals surface area (Å²) in [6, 6.07) is 7.40. The van der Waals surface area contributed by atoms with Crippen LogP contribution in [-0.2, 0) is 9.84 Å². The van der Waals surface area contributed by atoms with Crippen LogP contribution in [0.5, 0.6) is 0 Å². The maximum absolute atomic E-state index is 11.9. The van der Waals surface area contributed by atoms with Gasteiger partial charge in [-0.1, -0.05) is 20.8 Å². The van der Waals surface area contributed by atoms with E-state index in [2.05, 4.69) is 26.1 Å². The molecule has 1 unspecified atom stereocenters. The first-order valence-corrected chi connectivity index (χ1v) is 8.11. The zero-order valence-corrected chi connectivity index (χ0v) is 12.4. The SMILES string of the molecule is CCCS(=O)(=O)c1ccc(NC(C)C(C)C)cc1. The van der Waals surface area contributed by atoms with Gasteiger partial charge in [-0.05, 0) is 43.5 Å². The van der Waals surface area contributed by atoms with Gasteiger partial charge in [0.05, 0.1) is 10.6 Å². The molecule has 1 N–H and O–H groups in total. The molecule has 0 aliphatic carbocycles. The summed E-state index contributed by atoms with van der Waals surface area (Å²) in [6.45, 7) is 8.29. The van der Waals surface area contributed by atoms with E-state index in [0.717, 1.165) is 5.69 Å². The van der Waals surface area contributed by atoms with Gasteiger partial charge in [0.2, 0.25) is 0 Å². The van der Waals surface area contributed by atoms with Gasteiger partial charge in [-0.3, -0.25) is 0 Å². The van der Waals surface area contributed by atoms with Gasteiger partial charge in [0, 0.05) is 11.7 Å². The molecule has 0 fully saturated rings. The lowest BCUT2D eigenvalue weighted by atomic mass is 10.1. The third-order valence-corrected chi connectivity index (χ3v) is 5.02. The van der Waals surface area contributed by atoms with Crippen molar-refractivity contribution in [2.45, 2.75) is 45.1 Å². The zero-order chi connectivity index (χ0) is 13.8. The topological polar surface area (TPSA) is 46.2 Å². The monoisotopic (exact) mass is 269 g/mol. The number of nitrogens with one attached hydrogen (secondary N) is 1. The minimum absolute atomic E-state index is 0.210. The molecule has 0 aliphatic heterocycles. The molecule has 1 rings (SSSR count). The molecule has 4 heteroatoms. The molecule has 0 aliphatic rings. The van der Waals surface area contributed by atoms with E-state index in [1.807, 2.05) is 19.1 Å². The van der Waals surface area contributed by atoms with Crippen LogP contribution < -0.4 is 5.32 Å². The van der Waals surface area contributed by atoms with Gasteiger partial charge in [0.15, 0.2) is 9.84 Å². The van der Waals surface area contributed by atoms with E-state index in [9.17, 15) is 8.42 Å². The van der Waals surface area contributed by atoms with Crippen molar-refractivity contribution in [3.8, 4) is 0 Å². The molecule has 3 nitrogen and oxygen atoms in total. The predicted octanol–water partition coefficient (Wildman–Crippen LogP) is 3.33. The average Bonchev–Trinajstić information content (AvgIpc) is 2.29. The molecule has 1 atom stereocenters. The fourth-order valence-corrected chi connectivity index (χ4v) is 2.90. The van der Waals surface area contributed by atoms with Crippen molar-refractivity contribution >= 4 is 15.5 Å². The highest BCUT2D eigenvalue weighted by atomic mass is 32.2. The number of benzene rings is 1. The van der Waals surface area contributed by atoms with Crippen LogP contribution in [0, 0.1) is 5.92 Å². The van der Waals surface area contributed by atoms with Crippen LogP contribution in [0.25, 0.3) is 0 Å². The van der Waals surface area contributed by atoms with Crippen molar-refractivity contribution in [3.63, 3.8) is 0 Å². The molecule has 0 radical (unpaired) electrons. The highest BCUT2D eigenvalue weighted by Crippen LogP contribution is 2.17. The highest BCUT2D eigenvalue weighted by Gasteiger charge is 2.13. The number of rotatable bonds is 6. The van der Waals surface area contributed by atoms with Gasteiger partial charge in [-0.25, -0.2) is 8.42 Å². The van der Waals surface area contributed by atoms with E-state index in [-0.39, 0.29) is 5.75 Å². The maximum atomic E-state index is 11.9. The summed E-state index contributed by atoms with van der Waals surface area (Å²) in [5.41, 5.74) is 0.964. The second-order valence-electron chi connectivity index (χ2n) is 5.02. The quantitative estimate of drug-likeness (QED) is 0.861. The molecule has 102 valence electrons. The summed E-state index contributed by atoms with van der Waals surface area (Å²) in [7, 11) is -3.10. The molecule has 0 saturated carbocycles. The summed E-state index contributed by atoms with van der Waals surface area (Å²) in [4.78, 5) is 0.409. The van der Waals surface area contributed by atoms with Crippen molar-refractivity contribution in [1.29, 1.82) is 0 Å². The largest absolute Gasteiger partial charge is 0.382 e. The van der Waals surface area contributed by atoms with Crippen molar-refractivity contribution in [3.05, 3.63) is 24.3 Å². The van der Waals surface area contributed by atoms with Gasteiger partial charge in [-0.15, -0.1) is 0 Å². The van der Waals surface area contributed by atoms with Crippen molar-refractivity contribution < 1.29 is 8.42 Å². The first-order valence-electron chi connectivity index (χ1n) is 6.46. The first-order chi connectivity index (χ1) is 8.36. The molecule has 0 aromatic heterocycles.